The molecule has 0 bridgehead atoms. The summed E-state index contributed by atoms with van der Waals surface area (Å²) in [5.74, 6) is 2.92. The van der Waals surface area contributed by atoms with Gasteiger partial charge in [-0.25, -0.2) is 0 Å². The molecule has 1 fully saturated rings. The molecule has 1 aliphatic heterocycles. The maximum atomic E-state index is 5.04. The van der Waals surface area contributed by atoms with Crippen molar-refractivity contribution in [1.82, 2.24) is 4.31 Å². The molecule has 1 aliphatic rings. The van der Waals surface area contributed by atoms with Gasteiger partial charge in [0.2, 0.25) is 0 Å². The molecule has 2 nitrogen and oxygen atoms in total. The molecule has 0 radical (unpaired) electrons. The molecule has 1 rings (SSSR count). The van der Waals surface area contributed by atoms with E-state index in [-0.39, 0.29) is 0 Å². The molecule has 0 aromatic rings. The maximum absolute atomic E-state index is 5.04. The zero-order valence-corrected chi connectivity index (χ0v) is 10.5. The van der Waals surface area contributed by atoms with E-state index in [0.29, 0.717) is 0 Å². The first-order valence-electron chi connectivity index (χ1n) is 5.61. The molecular formula is C11H23NOS. The lowest BCUT2D eigenvalue weighted by Gasteiger charge is -2.32. The van der Waals surface area contributed by atoms with Gasteiger partial charge in [-0.05, 0) is 24.7 Å². The van der Waals surface area contributed by atoms with Crippen LogP contribution in [0.4, 0.5) is 0 Å². The van der Waals surface area contributed by atoms with E-state index in [1.165, 1.54) is 25.9 Å². The van der Waals surface area contributed by atoms with Crippen LogP contribution in [-0.4, -0.2) is 36.9 Å². The van der Waals surface area contributed by atoms with Crippen molar-refractivity contribution in [3.63, 3.8) is 0 Å². The number of piperidine rings is 1. The van der Waals surface area contributed by atoms with Crippen LogP contribution in [0.15, 0.2) is 0 Å². The van der Waals surface area contributed by atoms with Crippen molar-refractivity contribution in [1.29, 1.82) is 0 Å². The second-order valence-corrected chi connectivity index (χ2v) is 5.52. The van der Waals surface area contributed by atoms with Crippen molar-refractivity contribution in [3.8, 4) is 0 Å². The first-order chi connectivity index (χ1) is 6.74. The van der Waals surface area contributed by atoms with Gasteiger partial charge >= 0.3 is 0 Å². The van der Waals surface area contributed by atoms with Crippen molar-refractivity contribution < 1.29 is 4.74 Å². The van der Waals surface area contributed by atoms with Crippen LogP contribution >= 0.6 is 11.9 Å². The van der Waals surface area contributed by atoms with Crippen LogP contribution in [0.1, 0.15) is 26.7 Å². The van der Waals surface area contributed by atoms with Crippen LogP contribution < -0.4 is 0 Å². The van der Waals surface area contributed by atoms with Crippen LogP contribution in [0, 0.1) is 11.8 Å². The summed E-state index contributed by atoms with van der Waals surface area (Å²) in [7, 11) is 1.77. The Bertz CT molecular complexity index is 144. The fourth-order valence-electron chi connectivity index (χ4n) is 1.92. The number of ether oxygens (including phenoxy) is 1. The Balaban J connectivity index is 2.09. The number of rotatable bonds is 5. The predicted molar refractivity (Wildman–Crippen MR) is 63.5 cm³/mol. The topological polar surface area (TPSA) is 12.5 Å². The van der Waals surface area contributed by atoms with Gasteiger partial charge in [-0.15, -0.1) is 0 Å². The third-order valence-electron chi connectivity index (χ3n) is 3.00. The summed E-state index contributed by atoms with van der Waals surface area (Å²) < 4.78 is 7.54. The number of hydrogen-bond donors (Lipinski definition) is 0. The molecule has 3 heteroatoms. The van der Waals surface area contributed by atoms with Gasteiger partial charge in [0.05, 0.1) is 6.61 Å². The Hall–Kier alpha value is 0.270. The highest BCUT2D eigenvalue weighted by Gasteiger charge is 2.21. The van der Waals surface area contributed by atoms with Crippen LogP contribution in [0.3, 0.4) is 0 Å². The molecule has 0 aliphatic carbocycles. The molecule has 0 spiro atoms. The summed E-state index contributed by atoms with van der Waals surface area (Å²) in [6.07, 6.45) is 2.75. The molecular weight excluding hydrogens is 194 g/mol. The normalized spacial score (nSPS) is 20.6. The van der Waals surface area contributed by atoms with Crippen molar-refractivity contribution >= 4 is 11.9 Å². The maximum Gasteiger partial charge on any atom is 0.0565 e. The zero-order valence-electron chi connectivity index (χ0n) is 9.66. The van der Waals surface area contributed by atoms with Gasteiger partial charge in [-0.1, -0.05) is 25.8 Å². The van der Waals surface area contributed by atoms with E-state index in [0.717, 1.165) is 24.2 Å². The van der Waals surface area contributed by atoms with Gasteiger partial charge < -0.3 is 4.74 Å². The molecule has 0 amide bonds. The standard InChI is InChI=1S/C11H23NOS/c1-10(2)11-4-6-12(7-5-11)14-9-8-13-3/h10-11H,4-9H2,1-3H3. The summed E-state index contributed by atoms with van der Waals surface area (Å²) in [5, 5.41) is 0. The van der Waals surface area contributed by atoms with Crippen LogP contribution in [0.5, 0.6) is 0 Å². The van der Waals surface area contributed by atoms with Crippen molar-refractivity contribution in [2.75, 3.05) is 32.6 Å². The Morgan fingerprint density at radius 3 is 2.50 bits per heavy atom. The van der Waals surface area contributed by atoms with E-state index in [1.54, 1.807) is 7.11 Å². The summed E-state index contributed by atoms with van der Waals surface area (Å²) in [5.41, 5.74) is 0. The Labute approximate surface area is 92.5 Å². The van der Waals surface area contributed by atoms with E-state index in [9.17, 15) is 0 Å². The minimum absolute atomic E-state index is 0.862. The fourth-order valence-corrected chi connectivity index (χ4v) is 2.89. The second-order valence-electron chi connectivity index (χ2n) is 4.34. The van der Waals surface area contributed by atoms with Gasteiger partial charge in [0.25, 0.3) is 0 Å². The van der Waals surface area contributed by atoms with E-state index >= 15 is 0 Å². The molecule has 0 unspecified atom stereocenters. The molecule has 84 valence electrons. The first-order valence-corrected chi connectivity index (χ1v) is 6.55. The molecule has 0 saturated carbocycles. The van der Waals surface area contributed by atoms with Crippen LogP contribution in [-0.2, 0) is 4.74 Å². The Morgan fingerprint density at radius 2 is 2.00 bits per heavy atom. The smallest absolute Gasteiger partial charge is 0.0565 e. The van der Waals surface area contributed by atoms with Crippen molar-refractivity contribution in [3.05, 3.63) is 0 Å². The summed E-state index contributed by atoms with van der Waals surface area (Å²) in [6, 6.07) is 0. The summed E-state index contributed by atoms with van der Waals surface area (Å²) >= 11 is 1.94. The molecule has 0 atom stereocenters. The SMILES string of the molecule is COCCSN1CCC(C(C)C)CC1. The Kier molecular flexibility index (Phi) is 5.90. The minimum Gasteiger partial charge on any atom is -0.384 e. The van der Waals surface area contributed by atoms with Crippen molar-refractivity contribution in [2.24, 2.45) is 11.8 Å². The molecule has 1 heterocycles. The molecule has 0 aromatic heterocycles. The highest BCUT2D eigenvalue weighted by molar-refractivity contribution is 7.97. The average molecular weight is 217 g/mol. The number of hydrogen-bond acceptors (Lipinski definition) is 3. The highest BCUT2D eigenvalue weighted by Crippen LogP contribution is 2.27. The van der Waals surface area contributed by atoms with Gasteiger partial charge in [-0.3, -0.25) is 4.31 Å². The summed E-state index contributed by atoms with van der Waals surface area (Å²) in [6.45, 7) is 8.08. The van der Waals surface area contributed by atoms with Gasteiger partial charge in [0.15, 0.2) is 0 Å². The van der Waals surface area contributed by atoms with Gasteiger partial charge in [-0.2, -0.15) is 0 Å². The zero-order chi connectivity index (χ0) is 10.4. The van der Waals surface area contributed by atoms with E-state index in [2.05, 4.69) is 18.2 Å². The lowest BCUT2D eigenvalue weighted by molar-refractivity contribution is 0.215. The molecule has 0 aromatic carbocycles. The van der Waals surface area contributed by atoms with Crippen LogP contribution in [0.2, 0.25) is 0 Å². The second kappa shape index (κ2) is 6.70. The predicted octanol–water partition coefficient (Wildman–Crippen LogP) is 2.65. The third-order valence-corrected chi connectivity index (χ3v) is 4.08. The van der Waals surface area contributed by atoms with Crippen LogP contribution in [0.25, 0.3) is 0 Å². The lowest BCUT2D eigenvalue weighted by atomic mass is 9.87. The van der Waals surface area contributed by atoms with E-state index < -0.39 is 0 Å². The molecule has 14 heavy (non-hydrogen) atoms. The van der Waals surface area contributed by atoms with Gasteiger partial charge in [0, 0.05) is 26.0 Å². The van der Waals surface area contributed by atoms with E-state index in [1.807, 2.05) is 11.9 Å². The van der Waals surface area contributed by atoms with Gasteiger partial charge in [0.1, 0.15) is 0 Å². The fraction of sp³-hybridized carbons (Fsp3) is 1.00. The summed E-state index contributed by atoms with van der Waals surface area (Å²) in [4.78, 5) is 0. The Morgan fingerprint density at radius 1 is 1.36 bits per heavy atom. The quantitative estimate of drug-likeness (QED) is 0.519. The average Bonchev–Trinajstić information content (AvgIpc) is 2.19. The third kappa shape index (κ3) is 4.20. The number of nitrogens with zero attached hydrogens (tertiary/aromatic N) is 1. The first kappa shape index (κ1) is 12.3. The largest absolute Gasteiger partial charge is 0.384 e. The highest BCUT2D eigenvalue weighted by atomic mass is 32.2. The van der Waals surface area contributed by atoms with E-state index in [4.69, 9.17) is 4.74 Å². The lowest BCUT2D eigenvalue weighted by Crippen LogP contribution is -2.31. The molecule has 0 N–H and O–H groups in total. The number of methoxy groups -OCH3 is 1. The molecule has 1 saturated heterocycles. The monoisotopic (exact) mass is 217 g/mol. The minimum atomic E-state index is 0.862. The van der Waals surface area contributed by atoms with Crippen molar-refractivity contribution in [2.45, 2.75) is 26.7 Å².